The van der Waals surface area contributed by atoms with E-state index in [1.165, 1.54) is 13.0 Å². The Morgan fingerprint density at radius 1 is 0.857 bits per heavy atom. The van der Waals surface area contributed by atoms with Crippen molar-refractivity contribution in [3.8, 4) is 0 Å². The van der Waals surface area contributed by atoms with E-state index < -0.39 is 34.4 Å². The summed E-state index contributed by atoms with van der Waals surface area (Å²) in [6.45, 7) is 2.58. The summed E-state index contributed by atoms with van der Waals surface area (Å²) in [5, 5.41) is 0. The summed E-state index contributed by atoms with van der Waals surface area (Å²) >= 11 is 0. The van der Waals surface area contributed by atoms with Gasteiger partial charge in [-0.3, -0.25) is 0 Å². The van der Waals surface area contributed by atoms with Gasteiger partial charge < -0.3 is 0 Å². The lowest BCUT2D eigenvalue weighted by molar-refractivity contribution is 0.427. The number of benzene rings is 1. The van der Waals surface area contributed by atoms with Gasteiger partial charge in [-0.1, -0.05) is 12.2 Å². The van der Waals surface area contributed by atoms with Crippen LogP contribution in [-0.4, -0.2) is 0 Å². The molecule has 0 aliphatic rings. The molecule has 14 heavy (non-hydrogen) atoms. The average Bonchev–Trinajstić information content (AvgIpc) is 2.19. The van der Waals surface area contributed by atoms with Crippen LogP contribution in [0.3, 0.4) is 0 Å². The SMILES string of the molecule is C/C=C/c1c(F)c(C)c(F)c(F)c1F. The van der Waals surface area contributed by atoms with Crippen molar-refractivity contribution in [3.05, 3.63) is 40.5 Å². The Hall–Kier alpha value is -1.32. The lowest BCUT2D eigenvalue weighted by atomic mass is 10.1. The van der Waals surface area contributed by atoms with Gasteiger partial charge in [0.15, 0.2) is 17.5 Å². The minimum atomic E-state index is -1.64. The van der Waals surface area contributed by atoms with Crippen LogP contribution in [0.2, 0.25) is 0 Å². The number of allylic oxidation sites excluding steroid dienone is 1. The van der Waals surface area contributed by atoms with Gasteiger partial charge in [-0.2, -0.15) is 0 Å². The third-order valence-corrected chi connectivity index (χ3v) is 1.85. The summed E-state index contributed by atoms with van der Waals surface area (Å²) in [6.07, 6.45) is 2.40. The maximum atomic E-state index is 13.2. The zero-order valence-electron chi connectivity index (χ0n) is 7.67. The summed E-state index contributed by atoms with van der Waals surface area (Å²) in [5.41, 5.74) is -1.07. The van der Waals surface area contributed by atoms with E-state index in [0.717, 1.165) is 13.0 Å². The molecular formula is C10H8F4. The first-order valence-corrected chi connectivity index (χ1v) is 3.96. The number of hydrogen-bond donors (Lipinski definition) is 0. The molecule has 0 aliphatic heterocycles. The first-order valence-electron chi connectivity index (χ1n) is 3.96. The molecule has 0 aromatic heterocycles. The minimum absolute atomic E-state index is 0.517. The highest BCUT2D eigenvalue weighted by Gasteiger charge is 2.20. The van der Waals surface area contributed by atoms with Crippen LogP contribution in [0.5, 0.6) is 0 Å². The van der Waals surface area contributed by atoms with Gasteiger partial charge in [-0.15, -0.1) is 0 Å². The van der Waals surface area contributed by atoms with Gasteiger partial charge >= 0.3 is 0 Å². The normalized spacial score (nSPS) is 11.3. The smallest absolute Gasteiger partial charge is 0.195 e. The third-order valence-electron chi connectivity index (χ3n) is 1.85. The van der Waals surface area contributed by atoms with Crippen LogP contribution in [0.4, 0.5) is 17.6 Å². The van der Waals surface area contributed by atoms with Crippen molar-refractivity contribution in [2.24, 2.45) is 0 Å². The molecule has 0 unspecified atom stereocenters. The van der Waals surface area contributed by atoms with Crippen LogP contribution in [0.1, 0.15) is 18.1 Å². The van der Waals surface area contributed by atoms with Crippen molar-refractivity contribution in [2.45, 2.75) is 13.8 Å². The second-order valence-corrected chi connectivity index (χ2v) is 2.79. The first-order chi connectivity index (χ1) is 6.50. The Bertz CT molecular complexity index is 365. The van der Waals surface area contributed by atoms with Gasteiger partial charge in [0, 0.05) is 11.1 Å². The topological polar surface area (TPSA) is 0 Å². The zero-order chi connectivity index (χ0) is 10.9. The first kappa shape index (κ1) is 10.8. The Morgan fingerprint density at radius 2 is 1.43 bits per heavy atom. The summed E-state index contributed by atoms with van der Waals surface area (Å²) in [7, 11) is 0. The van der Waals surface area contributed by atoms with Crippen LogP contribution < -0.4 is 0 Å². The molecule has 0 saturated heterocycles. The summed E-state index contributed by atoms with van der Waals surface area (Å²) in [6, 6.07) is 0. The maximum absolute atomic E-state index is 13.2. The molecule has 4 heteroatoms. The molecule has 1 aromatic rings. The zero-order valence-corrected chi connectivity index (χ0v) is 7.67. The van der Waals surface area contributed by atoms with E-state index in [-0.39, 0.29) is 0 Å². The average molecular weight is 204 g/mol. The monoisotopic (exact) mass is 204 g/mol. The molecule has 1 aromatic carbocycles. The van der Waals surface area contributed by atoms with Crippen LogP contribution in [0.25, 0.3) is 6.08 Å². The molecule has 0 radical (unpaired) electrons. The highest BCUT2D eigenvalue weighted by molar-refractivity contribution is 5.52. The Balaban J connectivity index is 3.59. The van der Waals surface area contributed by atoms with Gasteiger partial charge in [-0.05, 0) is 13.8 Å². The molecule has 76 valence electrons. The van der Waals surface area contributed by atoms with Crippen molar-refractivity contribution in [1.29, 1.82) is 0 Å². The fourth-order valence-corrected chi connectivity index (χ4v) is 1.09. The predicted octanol–water partition coefficient (Wildman–Crippen LogP) is 3.58. The Morgan fingerprint density at radius 3 is 1.93 bits per heavy atom. The molecule has 0 saturated carbocycles. The van der Waals surface area contributed by atoms with E-state index >= 15 is 0 Å². The molecule has 0 heterocycles. The lowest BCUT2D eigenvalue weighted by Gasteiger charge is -2.05. The lowest BCUT2D eigenvalue weighted by Crippen LogP contribution is -2.02. The van der Waals surface area contributed by atoms with E-state index in [2.05, 4.69) is 0 Å². The van der Waals surface area contributed by atoms with Crippen molar-refractivity contribution < 1.29 is 17.6 Å². The van der Waals surface area contributed by atoms with Crippen molar-refractivity contribution in [3.63, 3.8) is 0 Å². The molecule has 0 bridgehead atoms. The van der Waals surface area contributed by atoms with E-state index in [1.54, 1.807) is 0 Å². The third kappa shape index (κ3) is 1.52. The largest absolute Gasteiger partial charge is 0.206 e. The minimum Gasteiger partial charge on any atom is -0.206 e. The molecule has 0 fully saturated rings. The number of halogens is 4. The maximum Gasteiger partial charge on any atom is 0.195 e. The second-order valence-electron chi connectivity index (χ2n) is 2.79. The highest BCUT2D eigenvalue weighted by Crippen LogP contribution is 2.24. The van der Waals surface area contributed by atoms with E-state index in [9.17, 15) is 17.6 Å². The molecule has 1 rings (SSSR count). The van der Waals surface area contributed by atoms with E-state index in [4.69, 9.17) is 0 Å². The quantitative estimate of drug-likeness (QED) is 0.372. The molecule has 0 amide bonds. The summed E-state index contributed by atoms with van der Waals surface area (Å²) in [5.74, 6) is -5.69. The molecule has 0 N–H and O–H groups in total. The fraction of sp³-hybridized carbons (Fsp3) is 0.200. The molecule has 0 aliphatic carbocycles. The van der Waals surface area contributed by atoms with Gasteiger partial charge in [0.25, 0.3) is 0 Å². The molecule has 0 atom stereocenters. The van der Waals surface area contributed by atoms with Crippen LogP contribution in [0.15, 0.2) is 6.08 Å². The Labute approximate surface area is 78.9 Å². The molecule has 0 nitrogen and oxygen atoms in total. The predicted molar refractivity (Wildman–Crippen MR) is 45.7 cm³/mol. The van der Waals surface area contributed by atoms with E-state index in [0.29, 0.717) is 0 Å². The highest BCUT2D eigenvalue weighted by atomic mass is 19.2. The van der Waals surface area contributed by atoms with Gasteiger partial charge in [-0.25, -0.2) is 17.6 Å². The van der Waals surface area contributed by atoms with Crippen LogP contribution >= 0.6 is 0 Å². The fourth-order valence-electron chi connectivity index (χ4n) is 1.09. The van der Waals surface area contributed by atoms with Crippen LogP contribution in [-0.2, 0) is 0 Å². The van der Waals surface area contributed by atoms with Crippen LogP contribution in [0, 0.1) is 30.2 Å². The van der Waals surface area contributed by atoms with Crippen molar-refractivity contribution in [1.82, 2.24) is 0 Å². The summed E-state index contributed by atoms with van der Waals surface area (Å²) in [4.78, 5) is 0. The molecular weight excluding hydrogens is 196 g/mol. The second kappa shape index (κ2) is 3.82. The number of rotatable bonds is 1. The number of hydrogen-bond acceptors (Lipinski definition) is 0. The standard InChI is InChI=1S/C10H8F4/c1-3-4-6-7(11)5(2)8(12)10(14)9(6)13/h3-4H,1-2H3/b4-3+. The van der Waals surface area contributed by atoms with Gasteiger partial charge in [0.2, 0.25) is 0 Å². The van der Waals surface area contributed by atoms with Crippen molar-refractivity contribution >= 4 is 6.08 Å². The molecule has 0 spiro atoms. The van der Waals surface area contributed by atoms with Crippen molar-refractivity contribution in [2.75, 3.05) is 0 Å². The summed E-state index contributed by atoms with van der Waals surface area (Å²) < 4.78 is 51.8. The van der Waals surface area contributed by atoms with E-state index in [1.807, 2.05) is 0 Å². The van der Waals surface area contributed by atoms with Gasteiger partial charge in [0.1, 0.15) is 5.82 Å². The van der Waals surface area contributed by atoms with Gasteiger partial charge in [0.05, 0.1) is 0 Å². The Kier molecular flexibility index (Phi) is 2.93.